The molecule has 186 valence electrons. The van der Waals surface area contributed by atoms with Crippen LogP contribution in [0.4, 0.5) is 16.4 Å². The van der Waals surface area contributed by atoms with Crippen LogP contribution < -0.4 is 20.7 Å². The number of para-hydroxylation sites is 1. The first-order valence-electron chi connectivity index (χ1n) is 12.3. The van der Waals surface area contributed by atoms with E-state index in [0.29, 0.717) is 24.9 Å². The molecule has 1 aliphatic rings. The molecule has 0 aliphatic carbocycles. The molecule has 2 heterocycles. The maximum absolute atomic E-state index is 12.0. The molecule has 0 radical (unpaired) electrons. The molecule has 9 heteroatoms. The lowest BCUT2D eigenvalue weighted by atomic mass is 10.1. The van der Waals surface area contributed by atoms with Gasteiger partial charge in [-0.2, -0.15) is 10.1 Å². The summed E-state index contributed by atoms with van der Waals surface area (Å²) < 4.78 is 7.64. The van der Waals surface area contributed by atoms with Gasteiger partial charge in [-0.05, 0) is 62.2 Å². The standard InChI is InChI=1S/C26H35N7O2/c1-32-25(30-24(31-32)19-28-26(34)29-22-11-4-2-5-12-22)27-14-9-17-35-23-13-8-10-21(18-23)20-33-15-6-3-7-16-33/h2,4-5,8,10-13,18H,3,6-7,9,14-17,19-20H2,1H3,(H,27,30,31)(H2,28,29,34). The van der Waals surface area contributed by atoms with Crippen LogP contribution in [0.1, 0.15) is 37.1 Å². The van der Waals surface area contributed by atoms with Gasteiger partial charge >= 0.3 is 6.03 Å². The van der Waals surface area contributed by atoms with Gasteiger partial charge in [-0.25, -0.2) is 9.48 Å². The number of anilines is 2. The smallest absolute Gasteiger partial charge is 0.319 e. The number of carbonyl (C=O) groups is 1. The number of piperidine rings is 1. The first-order chi connectivity index (χ1) is 17.2. The van der Waals surface area contributed by atoms with Gasteiger partial charge in [0.1, 0.15) is 5.75 Å². The van der Waals surface area contributed by atoms with Gasteiger partial charge in [-0.3, -0.25) is 4.90 Å². The largest absolute Gasteiger partial charge is 0.494 e. The van der Waals surface area contributed by atoms with Crippen LogP contribution in [0.25, 0.3) is 0 Å². The van der Waals surface area contributed by atoms with E-state index in [1.807, 2.05) is 43.4 Å². The fourth-order valence-corrected chi connectivity index (χ4v) is 4.09. The van der Waals surface area contributed by atoms with Crippen molar-refractivity contribution in [3.05, 3.63) is 66.0 Å². The van der Waals surface area contributed by atoms with E-state index in [9.17, 15) is 4.79 Å². The van der Waals surface area contributed by atoms with Crippen LogP contribution >= 0.6 is 0 Å². The number of hydrogen-bond acceptors (Lipinski definition) is 6. The second-order valence-corrected chi connectivity index (χ2v) is 8.76. The summed E-state index contributed by atoms with van der Waals surface area (Å²) in [4.78, 5) is 19.0. The molecule has 2 amide bonds. The van der Waals surface area contributed by atoms with Gasteiger partial charge in [0, 0.05) is 25.8 Å². The van der Waals surface area contributed by atoms with Crippen molar-refractivity contribution in [2.24, 2.45) is 7.05 Å². The zero-order chi connectivity index (χ0) is 24.3. The van der Waals surface area contributed by atoms with Crippen molar-refractivity contribution in [2.75, 3.05) is 36.9 Å². The van der Waals surface area contributed by atoms with Crippen molar-refractivity contribution in [2.45, 2.75) is 38.8 Å². The molecule has 2 aromatic carbocycles. The van der Waals surface area contributed by atoms with Gasteiger partial charge in [0.15, 0.2) is 5.82 Å². The quantitative estimate of drug-likeness (QED) is 0.361. The second-order valence-electron chi connectivity index (χ2n) is 8.76. The summed E-state index contributed by atoms with van der Waals surface area (Å²) in [7, 11) is 1.83. The van der Waals surface area contributed by atoms with Gasteiger partial charge < -0.3 is 20.7 Å². The van der Waals surface area contributed by atoms with Crippen LogP contribution in [0.15, 0.2) is 54.6 Å². The minimum Gasteiger partial charge on any atom is -0.494 e. The third-order valence-corrected chi connectivity index (χ3v) is 5.87. The van der Waals surface area contributed by atoms with Gasteiger partial charge in [0.05, 0.1) is 13.2 Å². The number of amides is 2. The van der Waals surface area contributed by atoms with Crippen LogP contribution in [-0.4, -0.2) is 51.9 Å². The maximum atomic E-state index is 12.0. The zero-order valence-electron chi connectivity index (χ0n) is 20.4. The van der Waals surface area contributed by atoms with E-state index in [4.69, 9.17) is 4.74 Å². The molecule has 3 N–H and O–H groups in total. The summed E-state index contributed by atoms with van der Waals surface area (Å²) in [5.74, 6) is 2.12. The Morgan fingerprint density at radius 1 is 1.06 bits per heavy atom. The van der Waals surface area contributed by atoms with Crippen LogP contribution in [0.2, 0.25) is 0 Å². The Kier molecular flexibility index (Phi) is 8.94. The Balaban J connectivity index is 1.14. The Hall–Kier alpha value is -3.59. The van der Waals surface area contributed by atoms with Crippen LogP contribution in [-0.2, 0) is 20.1 Å². The molecule has 4 rings (SSSR count). The Bertz CT molecular complexity index is 1060. The molecule has 0 spiro atoms. The molecule has 35 heavy (non-hydrogen) atoms. The molecule has 0 unspecified atom stereocenters. The highest BCUT2D eigenvalue weighted by molar-refractivity contribution is 5.89. The average Bonchev–Trinajstić information content (AvgIpc) is 3.23. The van der Waals surface area contributed by atoms with E-state index in [0.717, 1.165) is 24.4 Å². The Morgan fingerprint density at radius 2 is 1.89 bits per heavy atom. The fraction of sp³-hybridized carbons (Fsp3) is 0.423. The van der Waals surface area contributed by atoms with Crippen molar-refractivity contribution < 1.29 is 9.53 Å². The number of hydrogen-bond donors (Lipinski definition) is 3. The molecule has 0 atom stereocenters. The van der Waals surface area contributed by atoms with E-state index in [-0.39, 0.29) is 12.6 Å². The minimum absolute atomic E-state index is 0.241. The number of ether oxygens (including phenoxy) is 1. The van der Waals surface area contributed by atoms with Crippen molar-refractivity contribution in [3.8, 4) is 5.75 Å². The summed E-state index contributed by atoms with van der Waals surface area (Å²) in [5, 5.41) is 13.2. The van der Waals surface area contributed by atoms with Crippen LogP contribution in [0.5, 0.6) is 5.75 Å². The average molecular weight is 478 g/mol. The lowest BCUT2D eigenvalue weighted by Crippen LogP contribution is -2.29. The summed E-state index contributed by atoms with van der Waals surface area (Å²) in [5.41, 5.74) is 2.04. The van der Waals surface area contributed by atoms with Gasteiger partial charge in [0.25, 0.3) is 0 Å². The van der Waals surface area contributed by atoms with Gasteiger partial charge in [0.2, 0.25) is 5.95 Å². The normalized spacial score (nSPS) is 13.9. The summed E-state index contributed by atoms with van der Waals surface area (Å²) in [6.45, 7) is 4.95. The first-order valence-corrected chi connectivity index (χ1v) is 12.3. The van der Waals surface area contributed by atoms with Crippen molar-refractivity contribution in [1.82, 2.24) is 25.0 Å². The van der Waals surface area contributed by atoms with E-state index in [1.165, 1.54) is 37.9 Å². The molecule has 0 bridgehead atoms. The molecule has 1 fully saturated rings. The lowest BCUT2D eigenvalue weighted by Gasteiger charge is -2.26. The monoisotopic (exact) mass is 477 g/mol. The second kappa shape index (κ2) is 12.8. The lowest BCUT2D eigenvalue weighted by molar-refractivity contribution is 0.220. The topological polar surface area (TPSA) is 96.3 Å². The molecule has 3 aromatic rings. The number of nitrogens with one attached hydrogen (secondary N) is 3. The van der Waals surface area contributed by atoms with Crippen molar-refractivity contribution >= 4 is 17.7 Å². The Labute approximate surface area is 206 Å². The number of carbonyl (C=O) groups excluding carboxylic acids is 1. The fourth-order valence-electron chi connectivity index (χ4n) is 4.09. The molecule has 1 aliphatic heterocycles. The number of aryl methyl sites for hydroxylation is 1. The number of urea groups is 1. The van der Waals surface area contributed by atoms with Gasteiger partial charge in [-0.15, -0.1) is 0 Å². The number of rotatable bonds is 11. The first kappa shape index (κ1) is 24.5. The van der Waals surface area contributed by atoms with E-state index in [1.54, 1.807) is 4.68 Å². The zero-order valence-corrected chi connectivity index (χ0v) is 20.4. The highest BCUT2D eigenvalue weighted by Gasteiger charge is 2.11. The minimum atomic E-state index is -0.296. The highest BCUT2D eigenvalue weighted by atomic mass is 16.5. The highest BCUT2D eigenvalue weighted by Crippen LogP contribution is 2.18. The third-order valence-electron chi connectivity index (χ3n) is 5.87. The number of likely N-dealkylation sites (tertiary alicyclic amines) is 1. The molecule has 9 nitrogen and oxygen atoms in total. The van der Waals surface area contributed by atoms with E-state index >= 15 is 0 Å². The van der Waals surface area contributed by atoms with Crippen LogP contribution in [0.3, 0.4) is 0 Å². The Morgan fingerprint density at radius 3 is 2.71 bits per heavy atom. The van der Waals surface area contributed by atoms with E-state index in [2.05, 4.69) is 49.1 Å². The summed E-state index contributed by atoms with van der Waals surface area (Å²) in [6.07, 6.45) is 4.79. The predicted molar refractivity (Wildman–Crippen MR) is 137 cm³/mol. The number of aromatic nitrogens is 3. The van der Waals surface area contributed by atoms with Crippen molar-refractivity contribution in [3.63, 3.8) is 0 Å². The predicted octanol–water partition coefficient (Wildman–Crippen LogP) is 4.00. The van der Waals surface area contributed by atoms with E-state index < -0.39 is 0 Å². The summed E-state index contributed by atoms with van der Waals surface area (Å²) >= 11 is 0. The number of nitrogens with zero attached hydrogens (tertiary/aromatic N) is 4. The third kappa shape index (κ3) is 7.99. The number of benzene rings is 2. The molecule has 1 aromatic heterocycles. The molecule has 1 saturated heterocycles. The maximum Gasteiger partial charge on any atom is 0.319 e. The van der Waals surface area contributed by atoms with Gasteiger partial charge in [-0.1, -0.05) is 36.8 Å². The van der Waals surface area contributed by atoms with Crippen LogP contribution in [0, 0.1) is 0 Å². The van der Waals surface area contributed by atoms with Crippen molar-refractivity contribution in [1.29, 1.82) is 0 Å². The molecule has 0 saturated carbocycles. The SMILES string of the molecule is Cn1nc(CNC(=O)Nc2ccccc2)nc1NCCCOc1cccc(CN2CCCCC2)c1. The molecular formula is C26H35N7O2. The molecular weight excluding hydrogens is 442 g/mol. The summed E-state index contributed by atoms with van der Waals surface area (Å²) in [6, 6.07) is 17.4.